The Bertz CT molecular complexity index is 223. The zero-order valence-corrected chi connectivity index (χ0v) is 12.0. The Morgan fingerprint density at radius 2 is 2.15 bits per heavy atom. The molecule has 1 unspecified atom stereocenters. The Morgan fingerprint density at radius 1 is 1.62 bits per heavy atom. The first kappa shape index (κ1) is 13.9. The Hall–Kier alpha value is 0.944. The Kier molecular flexibility index (Phi) is 6.15. The van der Waals surface area contributed by atoms with Crippen LogP contribution in [0.5, 0.6) is 0 Å². The van der Waals surface area contributed by atoms with Crippen LogP contribution in [0.25, 0.3) is 0 Å². The fourth-order valence-electron chi connectivity index (χ4n) is 1.02. The number of nitrogens with zero attached hydrogens (tertiary/aromatic N) is 1. The van der Waals surface area contributed by atoms with Crippen LogP contribution in [0.15, 0.2) is 0 Å². The van der Waals surface area contributed by atoms with Crippen LogP contribution in [0.3, 0.4) is 0 Å². The molecule has 0 aromatic rings. The number of carbonyl (C=O) groups excluding carboxylic acids is 2. The van der Waals surface area contributed by atoms with Crippen LogP contribution in [0.4, 0.5) is 0 Å². The molecule has 13 heavy (non-hydrogen) atoms. The van der Waals surface area contributed by atoms with Gasteiger partial charge < -0.3 is 24.4 Å². The molecule has 0 aliphatic carbocycles. The van der Waals surface area contributed by atoms with Gasteiger partial charge in [0.05, 0.1) is 5.25 Å². The molecular weight excluding hydrogens is 283 g/mol. The maximum absolute atomic E-state index is 11.3. The average Bonchev–Trinajstić information content (AvgIpc) is 2.17. The molecule has 1 radical (unpaired) electrons. The van der Waals surface area contributed by atoms with Gasteiger partial charge in [-0.05, 0) is 0 Å². The number of likely N-dealkylation sites (tertiary alicyclic amines) is 1. The van der Waals surface area contributed by atoms with Crippen molar-refractivity contribution in [3.8, 4) is 0 Å². The fourth-order valence-corrected chi connectivity index (χ4v) is 2.30. The second-order valence-corrected chi connectivity index (χ2v) is 5.01. The molecule has 1 aliphatic rings. The minimum Gasteiger partial charge on any atom is -0.356 e. The molecule has 3 nitrogen and oxygen atoms in total. The van der Waals surface area contributed by atoms with Crippen molar-refractivity contribution in [2.75, 3.05) is 7.05 Å². The molecule has 0 N–H and O–H groups in total. The third kappa shape index (κ3) is 3.53. The molecule has 1 heterocycles. The molecule has 71 valence electrons. The van der Waals surface area contributed by atoms with E-state index in [1.807, 2.05) is 6.92 Å². The zero-order valence-electron chi connectivity index (χ0n) is 7.48. The van der Waals surface area contributed by atoms with Gasteiger partial charge in [-0.25, -0.2) is 4.58 Å². The van der Waals surface area contributed by atoms with E-state index in [1.54, 1.807) is 0 Å². The Labute approximate surface area is 113 Å². The number of thioether (sulfide) groups is 1. The maximum Gasteiger partial charge on any atom is 0.239 e. The summed E-state index contributed by atoms with van der Waals surface area (Å²) in [5, 5.41) is -0.250. The second-order valence-electron chi connectivity index (χ2n) is 2.62. The van der Waals surface area contributed by atoms with Crippen LogP contribution in [-0.2, 0) is 42.3 Å². The van der Waals surface area contributed by atoms with Crippen molar-refractivity contribution in [3.05, 3.63) is 4.58 Å². The molecule has 2 amide bonds. The van der Waals surface area contributed by atoms with Gasteiger partial charge >= 0.3 is 0 Å². The minimum atomic E-state index is -0.250. The first-order valence-electron chi connectivity index (χ1n) is 3.52. The van der Waals surface area contributed by atoms with E-state index in [0.29, 0.717) is 6.42 Å². The summed E-state index contributed by atoms with van der Waals surface area (Å²) >= 11 is 5.42. The van der Waals surface area contributed by atoms with Crippen LogP contribution >= 0.6 is 24.4 Å². The van der Waals surface area contributed by atoms with E-state index in [-0.39, 0.29) is 49.8 Å². The van der Waals surface area contributed by atoms with Crippen LogP contribution in [0, 0.1) is 4.58 Å². The monoisotopic (exact) mass is 293 g/mol. The molecule has 0 spiro atoms. The fraction of sp³-hybridized carbons (Fsp3) is 0.571. The number of carbonyl (C=O) groups is 2. The van der Waals surface area contributed by atoms with Crippen molar-refractivity contribution in [3.63, 3.8) is 0 Å². The van der Waals surface area contributed by atoms with Crippen molar-refractivity contribution in [2.45, 2.75) is 18.6 Å². The van der Waals surface area contributed by atoms with Crippen molar-refractivity contribution >= 4 is 36.2 Å². The Balaban J connectivity index is 0.00000144. The molecule has 0 saturated carbocycles. The zero-order chi connectivity index (χ0) is 9.30. The van der Waals surface area contributed by atoms with Crippen molar-refractivity contribution in [1.29, 1.82) is 0 Å². The number of hydrogen-bond donors (Lipinski definition) is 1. The minimum absolute atomic E-state index is 0. The predicted molar refractivity (Wildman–Crippen MR) is 51.7 cm³/mol. The van der Waals surface area contributed by atoms with Crippen LogP contribution in [0.1, 0.15) is 13.3 Å². The van der Waals surface area contributed by atoms with Crippen LogP contribution in [0.2, 0.25) is 0 Å². The SMILES string of the molecule is C[C-](S)SC1CC(=O)N(C)C1=O.[Y]. The third-order valence-corrected chi connectivity index (χ3v) is 2.96. The topological polar surface area (TPSA) is 37.4 Å². The molecule has 6 heteroatoms. The molecule has 1 fully saturated rings. The van der Waals surface area contributed by atoms with E-state index >= 15 is 0 Å². The number of amides is 2. The standard InChI is InChI=1S/C7H10NO2S2.Y/c1-4(11)12-5-3-6(9)8(2)7(5)10;/h5,11H,3H2,1-2H3;/q-1;. The van der Waals surface area contributed by atoms with Gasteiger partial charge in [-0.3, -0.25) is 14.5 Å². The third-order valence-electron chi connectivity index (χ3n) is 1.65. The van der Waals surface area contributed by atoms with Gasteiger partial charge in [0.1, 0.15) is 0 Å². The molecule has 1 atom stereocenters. The van der Waals surface area contributed by atoms with Crippen LogP contribution in [-0.4, -0.2) is 29.0 Å². The normalized spacial score (nSPS) is 22.5. The van der Waals surface area contributed by atoms with E-state index in [1.165, 1.54) is 23.7 Å². The molecule has 1 aliphatic heterocycles. The van der Waals surface area contributed by atoms with Crippen molar-refractivity contribution in [2.24, 2.45) is 0 Å². The number of rotatable bonds is 2. The van der Waals surface area contributed by atoms with E-state index in [0.717, 1.165) is 4.58 Å². The van der Waals surface area contributed by atoms with E-state index < -0.39 is 0 Å². The summed E-state index contributed by atoms with van der Waals surface area (Å²) in [7, 11) is 1.51. The summed E-state index contributed by atoms with van der Waals surface area (Å²) in [6, 6.07) is 0. The Morgan fingerprint density at radius 3 is 2.46 bits per heavy atom. The number of imide groups is 1. The summed E-state index contributed by atoms with van der Waals surface area (Å²) in [4.78, 5) is 23.5. The predicted octanol–water partition coefficient (Wildman–Crippen LogP) is 0.914. The average molecular weight is 293 g/mol. The quantitative estimate of drug-likeness (QED) is 0.467. The van der Waals surface area contributed by atoms with E-state index in [9.17, 15) is 9.59 Å². The molecule has 0 aromatic carbocycles. The van der Waals surface area contributed by atoms with Gasteiger partial charge in [0.15, 0.2) is 0 Å². The summed E-state index contributed by atoms with van der Waals surface area (Å²) in [6.45, 7) is 1.81. The number of thiol groups is 1. The second kappa shape index (κ2) is 5.73. The molecular formula is C7H10NO2S2Y-. The van der Waals surface area contributed by atoms with E-state index in [2.05, 4.69) is 12.6 Å². The maximum atomic E-state index is 11.3. The largest absolute Gasteiger partial charge is 0.356 e. The summed E-state index contributed by atoms with van der Waals surface area (Å²) in [6.07, 6.45) is 0.303. The summed E-state index contributed by atoms with van der Waals surface area (Å²) in [5.41, 5.74) is 0. The van der Waals surface area contributed by atoms with Gasteiger partial charge in [-0.1, -0.05) is 0 Å². The van der Waals surface area contributed by atoms with E-state index in [4.69, 9.17) is 0 Å². The first-order chi connectivity index (χ1) is 5.52. The molecule has 0 bridgehead atoms. The molecule has 1 saturated heterocycles. The van der Waals surface area contributed by atoms with Gasteiger partial charge in [-0.15, -0.1) is 0 Å². The summed E-state index contributed by atoms with van der Waals surface area (Å²) in [5.74, 6) is -0.217. The van der Waals surface area contributed by atoms with Gasteiger partial charge in [0.2, 0.25) is 11.8 Å². The van der Waals surface area contributed by atoms with Crippen molar-refractivity contribution < 1.29 is 42.3 Å². The van der Waals surface area contributed by atoms with Crippen LogP contribution < -0.4 is 0 Å². The smallest absolute Gasteiger partial charge is 0.239 e. The number of hydrogen-bond acceptors (Lipinski definition) is 4. The molecule has 0 aromatic heterocycles. The molecule has 1 rings (SSSR count). The van der Waals surface area contributed by atoms with Crippen molar-refractivity contribution in [1.82, 2.24) is 4.90 Å². The van der Waals surface area contributed by atoms with Gasteiger partial charge in [0, 0.05) is 46.2 Å². The summed E-state index contributed by atoms with van der Waals surface area (Å²) < 4.78 is 0.816. The first-order valence-corrected chi connectivity index (χ1v) is 4.84. The van der Waals surface area contributed by atoms with Gasteiger partial charge in [0.25, 0.3) is 0 Å². The van der Waals surface area contributed by atoms with Gasteiger partial charge in [-0.2, -0.15) is 6.92 Å².